The molecular weight excluding hydrogens is 322 g/mol. The van der Waals surface area contributed by atoms with Crippen LogP contribution >= 0.6 is 15.9 Å². The van der Waals surface area contributed by atoms with E-state index in [1.54, 1.807) is 32.7 Å². The number of rotatable bonds is 5. The molecule has 0 saturated carbocycles. The molecule has 0 radical (unpaired) electrons. The third-order valence-electron chi connectivity index (χ3n) is 3.04. The molecule has 0 bridgehead atoms. The van der Waals surface area contributed by atoms with Crippen molar-refractivity contribution < 1.29 is 14.6 Å². The van der Waals surface area contributed by atoms with Gasteiger partial charge in [-0.25, -0.2) is 0 Å². The maximum absolute atomic E-state index is 10.3. The standard InChI is InChI=1S/C15H16BrNO3/c1-19-14-4-3-10(7-12(14)16)8-13(18)11-5-6-17-9-15(11)20-2/h3-7,9,13,18H,8H2,1-2H3. The van der Waals surface area contributed by atoms with Gasteiger partial charge in [-0.2, -0.15) is 0 Å². The van der Waals surface area contributed by atoms with Crippen molar-refractivity contribution in [2.45, 2.75) is 12.5 Å². The maximum Gasteiger partial charge on any atom is 0.142 e. The molecule has 1 unspecified atom stereocenters. The zero-order chi connectivity index (χ0) is 14.5. The zero-order valence-corrected chi connectivity index (χ0v) is 12.9. The lowest BCUT2D eigenvalue weighted by Crippen LogP contribution is -2.04. The summed E-state index contributed by atoms with van der Waals surface area (Å²) in [7, 11) is 3.19. The molecule has 2 rings (SSSR count). The van der Waals surface area contributed by atoms with Gasteiger partial charge in [-0.15, -0.1) is 0 Å². The average Bonchev–Trinajstić information content (AvgIpc) is 2.47. The largest absolute Gasteiger partial charge is 0.496 e. The van der Waals surface area contributed by atoms with Crippen molar-refractivity contribution in [2.75, 3.05) is 14.2 Å². The van der Waals surface area contributed by atoms with Crippen LogP contribution in [0.2, 0.25) is 0 Å². The van der Waals surface area contributed by atoms with Crippen LogP contribution in [0, 0.1) is 0 Å². The Labute approximate surface area is 126 Å². The van der Waals surface area contributed by atoms with Crippen molar-refractivity contribution in [3.63, 3.8) is 0 Å². The Morgan fingerprint density at radius 1 is 1.20 bits per heavy atom. The van der Waals surface area contributed by atoms with Gasteiger partial charge in [0, 0.05) is 18.2 Å². The van der Waals surface area contributed by atoms with Gasteiger partial charge >= 0.3 is 0 Å². The zero-order valence-electron chi connectivity index (χ0n) is 11.3. The Balaban J connectivity index is 2.19. The topological polar surface area (TPSA) is 51.6 Å². The predicted molar refractivity (Wildman–Crippen MR) is 80.1 cm³/mol. The SMILES string of the molecule is COc1ccc(CC(O)c2ccncc2OC)cc1Br. The second-order valence-electron chi connectivity index (χ2n) is 4.31. The molecule has 20 heavy (non-hydrogen) atoms. The summed E-state index contributed by atoms with van der Waals surface area (Å²) in [5.74, 6) is 1.36. The van der Waals surface area contributed by atoms with Gasteiger partial charge in [0.25, 0.3) is 0 Å². The fraction of sp³-hybridized carbons (Fsp3) is 0.267. The van der Waals surface area contributed by atoms with Crippen LogP contribution in [0.4, 0.5) is 0 Å². The van der Waals surface area contributed by atoms with Crippen LogP contribution in [0.5, 0.6) is 11.5 Å². The first-order valence-corrected chi connectivity index (χ1v) is 6.93. The molecule has 1 heterocycles. The number of pyridine rings is 1. The summed E-state index contributed by atoms with van der Waals surface area (Å²) in [4.78, 5) is 3.98. The molecule has 1 N–H and O–H groups in total. The minimum atomic E-state index is -0.645. The van der Waals surface area contributed by atoms with E-state index in [2.05, 4.69) is 20.9 Å². The molecule has 1 atom stereocenters. The third-order valence-corrected chi connectivity index (χ3v) is 3.66. The molecule has 0 saturated heterocycles. The first-order chi connectivity index (χ1) is 9.65. The lowest BCUT2D eigenvalue weighted by atomic mass is 10.0. The van der Waals surface area contributed by atoms with Gasteiger partial charge in [-0.1, -0.05) is 6.07 Å². The fourth-order valence-electron chi connectivity index (χ4n) is 2.01. The molecule has 0 aliphatic carbocycles. The van der Waals surface area contributed by atoms with Crippen LogP contribution in [-0.4, -0.2) is 24.3 Å². The number of hydrogen-bond donors (Lipinski definition) is 1. The van der Waals surface area contributed by atoms with Gasteiger partial charge in [0.05, 0.1) is 31.0 Å². The van der Waals surface area contributed by atoms with E-state index in [9.17, 15) is 5.11 Å². The number of nitrogens with zero attached hydrogens (tertiary/aromatic N) is 1. The summed E-state index contributed by atoms with van der Waals surface area (Å²) >= 11 is 3.44. The molecule has 4 nitrogen and oxygen atoms in total. The van der Waals surface area contributed by atoms with Gasteiger partial charge < -0.3 is 14.6 Å². The highest BCUT2D eigenvalue weighted by Crippen LogP contribution is 2.30. The molecular formula is C15H16BrNO3. The second kappa shape index (κ2) is 6.72. The molecule has 5 heteroatoms. The highest BCUT2D eigenvalue weighted by Gasteiger charge is 2.14. The second-order valence-corrected chi connectivity index (χ2v) is 5.16. The number of benzene rings is 1. The van der Waals surface area contributed by atoms with Crippen molar-refractivity contribution in [1.82, 2.24) is 4.98 Å². The third kappa shape index (κ3) is 3.29. The Morgan fingerprint density at radius 3 is 2.60 bits per heavy atom. The molecule has 0 fully saturated rings. The highest BCUT2D eigenvalue weighted by atomic mass is 79.9. The van der Waals surface area contributed by atoms with Crippen LogP contribution in [0.3, 0.4) is 0 Å². The quantitative estimate of drug-likeness (QED) is 0.910. The summed E-state index contributed by atoms with van der Waals surface area (Å²) in [6, 6.07) is 7.51. The monoisotopic (exact) mass is 337 g/mol. The normalized spacial score (nSPS) is 12.0. The number of halogens is 1. The number of aromatic nitrogens is 1. The smallest absolute Gasteiger partial charge is 0.142 e. The Morgan fingerprint density at radius 2 is 1.95 bits per heavy atom. The van der Waals surface area contributed by atoms with Gasteiger partial charge in [0.15, 0.2) is 0 Å². The predicted octanol–water partition coefficient (Wildman–Crippen LogP) is 3.14. The van der Waals surface area contributed by atoms with Crippen LogP contribution in [0.15, 0.2) is 41.1 Å². The first-order valence-electron chi connectivity index (χ1n) is 6.14. The maximum atomic E-state index is 10.3. The van der Waals surface area contributed by atoms with Crippen molar-refractivity contribution in [3.8, 4) is 11.5 Å². The van der Waals surface area contributed by atoms with Gasteiger partial charge in [0.2, 0.25) is 0 Å². The first kappa shape index (κ1) is 14.8. The van der Waals surface area contributed by atoms with Gasteiger partial charge in [0.1, 0.15) is 11.5 Å². The van der Waals surface area contributed by atoms with E-state index < -0.39 is 6.10 Å². The molecule has 0 aliphatic rings. The van der Waals surface area contributed by atoms with Crippen molar-refractivity contribution in [1.29, 1.82) is 0 Å². The van der Waals surface area contributed by atoms with E-state index in [1.165, 1.54) is 0 Å². The van der Waals surface area contributed by atoms with Gasteiger partial charge in [-0.05, 0) is 39.7 Å². The minimum absolute atomic E-state index is 0.489. The molecule has 2 aromatic rings. The molecule has 0 aliphatic heterocycles. The molecule has 0 amide bonds. The average molecular weight is 338 g/mol. The molecule has 0 spiro atoms. The van der Waals surface area contributed by atoms with Crippen LogP contribution in [0.1, 0.15) is 17.2 Å². The minimum Gasteiger partial charge on any atom is -0.496 e. The summed E-state index contributed by atoms with van der Waals surface area (Å²) in [5.41, 5.74) is 1.73. The van der Waals surface area contributed by atoms with Crippen LogP contribution in [-0.2, 0) is 6.42 Å². The highest BCUT2D eigenvalue weighted by molar-refractivity contribution is 9.10. The van der Waals surface area contributed by atoms with E-state index in [-0.39, 0.29) is 0 Å². The molecule has 1 aromatic heterocycles. The summed E-state index contributed by atoms with van der Waals surface area (Å²) in [6.07, 6.45) is 3.09. The van der Waals surface area contributed by atoms with Crippen LogP contribution in [0.25, 0.3) is 0 Å². The van der Waals surface area contributed by atoms with E-state index in [1.807, 2.05) is 18.2 Å². The van der Waals surface area contributed by atoms with E-state index >= 15 is 0 Å². The summed E-state index contributed by atoms with van der Waals surface area (Å²) in [6.45, 7) is 0. The summed E-state index contributed by atoms with van der Waals surface area (Å²) in [5, 5.41) is 10.3. The lowest BCUT2D eigenvalue weighted by molar-refractivity contribution is 0.174. The van der Waals surface area contributed by atoms with Gasteiger partial charge in [-0.3, -0.25) is 4.98 Å². The fourth-order valence-corrected chi connectivity index (χ4v) is 2.59. The Bertz CT molecular complexity index is 589. The van der Waals surface area contributed by atoms with E-state index in [0.29, 0.717) is 12.2 Å². The number of ether oxygens (including phenoxy) is 2. The van der Waals surface area contributed by atoms with Crippen molar-refractivity contribution >= 4 is 15.9 Å². The number of hydrogen-bond acceptors (Lipinski definition) is 4. The van der Waals surface area contributed by atoms with Crippen LogP contribution < -0.4 is 9.47 Å². The van der Waals surface area contributed by atoms with E-state index in [0.717, 1.165) is 21.3 Å². The molecule has 1 aromatic carbocycles. The van der Waals surface area contributed by atoms with Crippen molar-refractivity contribution in [3.05, 3.63) is 52.3 Å². The van der Waals surface area contributed by atoms with E-state index in [4.69, 9.17) is 9.47 Å². The lowest BCUT2D eigenvalue weighted by Gasteiger charge is -2.15. The Hall–Kier alpha value is -1.59. The number of methoxy groups -OCH3 is 2. The Kier molecular flexibility index (Phi) is 4.98. The number of aliphatic hydroxyl groups is 1. The summed E-state index contributed by atoms with van der Waals surface area (Å²) < 4.78 is 11.3. The molecule has 106 valence electrons. The number of aliphatic hydroxyl groups excluding tert-OH is 1. The van der Waals surface area contributed by atoms with Crippen molar-refractivity contribution in [2.24, 2.45) is 0 Å².